The first kappa shape index (κ1) is 16.1. The Balaban J connectivity index is 1.55. The Labute approximate surface area is 143 Å². The van der Waals surface area contributed by atoms with Gasteiger partial charge in [0.2, 0.25) is 5.91 Å². The van der Waals surface area contributed by atoms with E-state index in [0.717, 1.165) is 10.5 Å². The van der Waals surface area contributed by atoms with Crippen LogP contribution in [0.2, 0.25) is 5.02 Å². The second kappa shape index (κ2) is 6.80. The molecule has 122 valence electrons. The molecular formula is C17H14ClN3O3. The van der Waals surface area contributed by atoms with Crippen LogP contribution in [0, 0.1) is 0 Å². The zero-order valence-electron chi connectivity index (χ0n) is 12.7. The van der Waals surface area contributed by atoms with Crippen molar-refractivity contribution in [1.82, 2.24) is 15.2 Å². The first-order chi connectivity index (χ1) is 11.6. The normalized spacial score (nSPS) is 13.1. The van der Waals surface area contributed by atoms with Crippen LogP contribution in [-0.2, 0) is 11.3 Å². The Morgan fingerprint density at radius 3 is 2.67 bits per heavy atom. The number of aromatic nitrogens is 1. The molecule has 1 aliphatic rings. The maximum absolute atomic E-state index is 12.2. The Hall–Kier alpha value is -2.73. The largest absolute Gasteiger partial charge is 0.352 e. The van der Waals surface area contributed by atoms with Crippen LogP contribution < -0.4 is 5.32 Å². The number of pyridine rings is 1. The molecule has 0 fully saturated rings. The molecule has 1 aliphatic heterocycles. The zero-order valence-corrected chi connectivity index (χ0v) is 13.4. The van der Waals surface area contributed by atoms with Crippen molar-refractivity contribution in [3.8, 4) is 0 Å². The SMILES string of the molecule is O=C(CCN1C(=O)c2cccnc2C1=O)NCc1ccccc1Cl. The van der Waals surface area contributed by atoms with Gasteiger partial charge in [-0.3, -0.25) is 24.3 Å². The molecule has 0 bridgehead atoms. The maximum Gasteiger partial charge on any atom is 0.280 e. The summed E-state index contributed by atoms with van der Waals surface area (Å²) in [5.74, 6) is -1.14. The maximum atomic E-state index is 12.2. The third-order valence-electron chi connectivity index (χ3n) is 3.73. The van der Waals surface area contributed by atoms with E-state index in [1.54, 1.807) is 18.2 Å². The van der Waals surface area contributed by atoms with Gasteiger partial charge in [-0.15, -0.1) is 0 Å². The molecule has 0 atom stereocenters. The molecule has 2 heterocycles. The lowest BCUT2D eigenvalue weighted by molar-refractivity contribution is -0.121. The highest BCUT2D eigenvalue weighted by Gasteiger charge is 2.36. The Morgan fingerprint density at radius 1 is 1.12 bits per heavy atom. The molecule has 0 spiro atoms. The summed E-state index contributed by atoms with van der Waals surface area (Å²) in [5, 5.41) is 3.30. The lowest BCUT2D eigenvalue weighted by Crippen LogP contribution is -2.34. The molecule has 3 rings (SSSR count). The van der Waals surface area contributed by atoms with E-state index in [1.807, 2.05) is 18.2 Å². The van der Waals surface area contributed by atoms with Gasteiger partial charge in [0.25, 0.3) is 11.8 Å². The van der Waals surface area contributed by atoms with Gasteiger partial charge in [0.05, 0.1) is 5.56 Å². The molecule has 3 amide bonds. The monoisotopic (exact) mass is 343 g/mol. The minimum atomic E-state index is -0.463. The molecule has 0 radical (unpaired) electrons. The quantitative estimate of drug-likeness (QED) is 0.842. The molecule has 7 heteroatoms. The van der Waals surface area contributed by atoms with Gasteiger partial charge >= 0.3 is 0 Å². The number of nitrogens with one attached hydrogen (secondary N) is 1. The van der Waals surface area contributed by atoms with Crippen LogP contribution in [0.25, 0.3) is 0 Å². The predicted molar refractivity (Wildman–Crippen MR) is 87.5 cm³/mol. The van der Waals surface area contributed by atoms with Gasteiger partial charge in [-0.25, -0.2) is 0 Å². The summed E-state index contributed by atoms with van der Waals surface area (Å²) < 4.78 is 0. The third kappa shape index (κ3) is 3.14. The first-order valence-corrected chi connectivity index (χ1v) is 7.77. The highest BCUT2D eigenvalue weighted by Crippen LogP contribution is 2.20. The number of carbonyl (C=O) groups excluding carboxylic acids is 3. The van der Waals surface area contributed by atoms with Crippen molar-refractivity contribution < 1.29 is 14.4 Å². The van der Waals surface area contributed by atoms with E-state index < -0.39 is 11.8 Å². The average Bonchev–Trinajstić information content (AvgIpc) is 2.84. The standard InChI is InChI=1S/C17H14ClN3O3/c18-13-6-2-1-4-11(13)10-20-14(22)7-9-21-16(23)12-5-3-8-19-15(12)17(21)24/h1-6,8H,7,9-10H2,(H,20,22). The van der Waals surface area contributed by atoms with E-state index in [0.29, 0.717) is 11.6 Å². The Bertz CT molecular complexity index is 787. The number of hydrogen-bond acceptors (Lipinski definition) is 4. The molecule has 0 unspecified atom stereocenters. The summed E-state index contributed by atoms with van der Waals surface area (Å²) in [4.78, 5) is 41.2. The highest BCUT2D eigenvalue weighted by atomic mass is 35.5. The van der Waals surface area contributed by atoms with Crippen LogP contribution >= 0.6 is 11.6 Å². The second-order valence-corrected chi connectivity index (χ2v) is 5.69. The molecule has 0 aliphatic carbocycles. The number of rotatable bonds is 5. The summed E-state index contributed by atoms with van der Waals surface area (Å²) in [5.41, 5.74) is 1.22. The summed E-state index contributed by atoms with van der Waals surface area (Å²) in [6.07, 6.45) is 1.49. The average molecular weight is 344 g/mol. The van der Waals surface area contributed by atoms with Crippen molar-refractivity contribution in [3.05, 3.63) is 64.4 Å². The number of nitrogens with zero attached hydrogens (tertiary/aromatic N) is 2. The Kier molecular flexibility index (Phi) is 4.57. The fourth-order valence-corrected chi connectivity index (χ4v) is 2.66. The van der Waals surface area contributed by atoms with E-state index in [2.05, 4.69) is 10.3 Å². The Morgan fingerprint density at radius 2 is 1.92 bits per heavy atom. The number of halogens is 1. The van der Waals surface area contributed by atoms with Crippen LogP contribution in [0.15, 0.2) is 42.6 Å². The number of hydrogen-bond donors (Lipinski definition) is 1. The molecule has 0 saturated heterocycles. The number of imide groups is 1. The van der Waals surface area contributed by atoms with Gasteiger partial charge in [-0.05, 0) is 23.8 Å². The fourth-order valence-electron chi connectivity index (χ4n) is 2.45. The number of fused-ring (bicyclic) bond motifs is 1. The van der Waals surface area contributed by atoms with Crippen LogP contribution in [0.1, 0.15) is 32.8 Å². The zero-order chi connectivity index (χ0) is 17.1. The van der Waals surface area contributed by atoms with Crippen molar-refractivity contribution in [2.24, 2.45) is 0 Å². The van der Waals surface area contributed by atoms with E-state index in [4.69, 9.17) is 11.6 Å². The molecule has 1 aromatic carbocycles. The van der Waals surface area contributed by atoms with Gasteiger partial charge in [0.15, 0.2) is 0 Å². The molecule has 1 aromatic heterocycles. The number of benzene rings is 1. The van der Waals surface area contributed by atoms with Crippen molar-refractivity contribution in [2.45, 2.75) is 13.0 Å². The molecule has 1 N–H and O–H groups in total. The lowest BCUT2D eigenvalue weighted by atomic mass is 10.2. The van der Waals surface area contributed by atoms with Crippen molar-refractivity contribution in [2.75, 3.05) is 6.54 Å². The van der Waals surface area contributed by atoms with Crippen molar-refractivity contribution >= 4 is 29.3 Å². The summed E-state index contributed by atoms with van der Waals surface area (Å²) in [6.45, 7) is 0.310. The number of amides is 3. The van der Waals surface area contributed by atoms with E-state index in [-0.39, 0.29) is 30.1 Å². The van der Waals surface area contributed by atoms with Crippen LogP contribution in [0.4, 0.5) is 0 Å². The van der Waals surface area contributed by atoms with Crippen molar-refractivity contribution in [1.29, 1.82) is 0 Å². The van der Waals surface area contributed by atoms with Gasteiger partial charge < -0.3 is 5.32 Å². The molecule has 24 heavy (non-hydrogen) atoms. The molecular weight excluding hydrogens is 330 g/mol. The lowest BCUT2D eigenvalue weighted by Gasteiger charge is -2.13. The first-order valence-electron chi connectivity index (χ1n) is 7.39. The highest BCUT2D eigenvalue weighted by molar-refractivity contribution is 6.31. The molecule has 0 saturated carbocycles. The predicted octanol–water partition coefficient (Wildman–Crippen LogP) is 2.04. The van der Waals surface area contributed by atoms with Crippen LogP contribution in [0.3, 0.4) is 0 Å². The van der Waals surface area contributed by atoms with Gasteiger partial charge in [-0.1, -0.05) is 29.8 Å². The van der Waals surface area contributed by atoms with Crippen molar-refractivity contribution in [3.63, 3.8) is 0 Å². The molecule has 2 aromatic rings. The fraction of sp³-hybridized carbons (Fsp3) is 0.176. The van der Waals surface area contributed by atoms with E-state index in [9.17, 15) is 14.4 Å². The van der Waals surface area contributed by atoms with Crippen LogP contribution in [0.5, 0.6) is 0 Å². The van der Waals surface area contributed by atoms with Gasteiger partial charge in [0.1, 0.15) is 5.69 Å². The summed E-state index contributed by atoms with van der Waals surface area (Å²) in [7, 11) is 0. The van der Waals surface area contributed by atoms with Gasteiger partial charge in [0, 0.05) is 30.7 Å². The van der Waals surface area contributed by atoms with Gasteiger partial charge in [-0.2, -0.15) is 0 Å². The minimum Gasteiger partial charge on any atom is -0.352 e. The van der Waals surface area contributed by atoms with Crippen LogP contribution in [-0.4, -0.2) is 34.2 Å². The smallest absolute Gasteiger partial charge is 0.280 e. The minimum absolute atomic E-state index is 0.0163. The second-order valence-electron chi connectivity index (χ2n) is 5.28. The molecule has 6 nitrogen and oxygen atoms in total. The topological polar surface area (TPSA) is 79.4 Å². The van der Waals surface area contributed by atoms with E-state index >= 15 is 0 Å². The summed E-state index contributed by atoms with van der Waals surface area (Å²) in [6, 6.07) is 10.4. The number of carbonyl (C=O) groups is 3. The summed E-state index contributed by atoms with van der Waals surface area (Å²) >= 11 is 6.02. The third-order valence-corrected chi connectivity index (χ3v) is 4.10. The van der Waals surface area contributed by atoms with E-state index in [1.165, 1.54) is 6.20 Å².